The van der Waals surface area contributed by atoms with Crippen LogP contribution in [-0.4, -0.2) is 50.7 Å². The Balaban J connectivity index is 1.92. The van der Waals surface area contributed by atoms with Gasteiger partial charge in [0.15, 0.2) is 5.78 Å². The fourth-order valence-electron chi connectivity index (χ4n) is 3.10. The molecule has 1 aromatic carbocycles. The Kier molecular flexibility index (Phi) is 5.22. The summed E-state index contributed by atoms with van der Waals surface area (Å²) < 4.78 is 1.57. The average molecular weight is 330 g/mol. The Morgan fingerprint density at radius 3 is 2.67 bits per heavy atom. The van der Waals surface area contributed by atoms with E-state index < -0.39 is 6.04 Å². The number of hydrogen-bond acceptors (Lipinski definition) is 6. The summed E-state index contributed by atoms with van der Waals surface area (Å²) in [4.78, 5) is 13.1. The third-order valence-corrected chi connectivity index (χ3v) is 4.41. The van der Waals surface area contributed by atoms with Crippen molar-refractivity contribution in [3.05, 3.63) is 41.7 Å². The first-order valence-corrected chi connectivity index (χ1v) is 8.24. The number of rotatable bonds is 6. The van der Waals surface area contributed by atoms with E-state index in [1.165, 1.54) is 0 Å². The fraction of sp³-hybridized carbons (Fsp3) is 0.471. The number of phenolic OH excluding ortho intramolecular Hbond substituents is 1. The van der Waals surface area contributed by atoms with Gasteiger partial charge in [-0.15, -0.1) is 5.10 Å². The number of aliphatic hydroxyl groups excluding tert-OH is 1. The van der Waals surface area contributed by atoms with Gasteiger partial charge in [0.2, 0.25) is 0 Å². The highest BCUT2D eigenvalue weighted by atomic mass is 16.3. The van der Waals surface area contributed by atoms with Crippen molar-refractivity contribution in [1.82, 2.24) is 20.3 Å². The quantitative estimate of drug-likeness (QED) is 0.720. The monoisotopic (exact) mass is 330 g/mol. The minimum Gasteiger partial charge on any atom is -0.508 e. The molecule has 1 aromatic heterocycles. The maximum atomic E-state index is 13.1. The molecule has 1 aliphatic rings. The molecule has 1 atom stereocenters. The maximum absolute atomic E-state index is 13.1. The number of carbonyl (C=O) groups excluding carboxylic acids is 1. The van der Waals surface area contributed by atoms with Gasteiger partial charge >= 0.3 is 0 Å². The van der Waals surface area contributed by atoms with Gasteiger partial charge in [-0.05, 0) is 43.6 Å². The van der Waals surface area contributed by atoms with Gasteiger partial charge < -0.3 is 15.5 Å². The first-order chi connectivity index (χ1) is 11.7. The molecule has 2 aromatic rings. The van der Waals surface area contributed by atoms with E-state index in [9.17, 15) is 9.90 Å². The largest absolute Gasteiger partial charge is 0.508 e. The van der Waals surface area contributed by atoms with Gasteiger partial charge in [-0.1, -0.05) is 17.3 Å². The molecule has 0 spiro atoms. The third-order valence-electron chi connectivity index (χ3n) is 4.41. The van der Waals surface area contributed by atoms with Crippen LogP contribution in [0.1, 0.15) is 30.1 Å². The molecule has 0 saturated carbocycles. The van der Waals surface area contributed by atoms with Crippen molar-refractivity contribution >= 4 is 5.78 Å². The summed E-state index contributed by atoms with van der Waals surface area (Å²) in [6.45, 7) is 1.67. The Morgan fingerprint density at radius 2 is 2.00 bits per heavy atom. The van der Waals surface area contributed by atoms with Crippen LogP contribution in [0.25, 0.3) is 0 Å². The standard InChI is InChI=1S/C17H22N4O3/c22-10-7-14-11-21(20-19-14)16(12-1-3-15(23)4-2-12)17(24)13-5-8-18-9-6-13/h1-4,11,13,16,18,22-23H,5-10H2. The topological polar surface area (TPSA) is 100 Å². The lowest BCUT2D eigenvalue weighted by atomic mass is 9.87. The van der Waals surface area contributed by atoms with Crippen LogP contribution in [0.5, 0.6) is 5.75 Å². The SMILES string of the molecule is O=C(C1CCNCC1)C(c1ccc(O)cc1)n1cc(CCO)nn1. The Morgan fingerprint density at radius 1 is 1.29 bits per heavy atom. The summed E-state index contributed by atoms with van der Waals surface area (Å²) in [5.74, 6) is 0.254. The first-order valence-electron chi connectivity index (χ1n) is 8.24. The summed E-state index contributed by atoms with van der Waals surface area (Å²) in [5.41, 5.74) is 1.43. The number of aromatic hydroxyl groups is 1. The summed E-state index contributed by atoms with van der Waals surface area (Å²) >= 11 is 0. The summed E-state index contributed by atoms with van der Waals surface area (Å²) in [6.07, 6.45) is 3.74. The van der Waals surface area contributed by atoms with E-state index in [2.05, 4.69) is 15.6 Å². The fourth-order valence-corrected chi connectivity index (χ4v) is 3.10. The number of piperidine rings is 1. The van der Waals surface area contributed by atoms with E-state index in [1.807, 2.05) is 0 Å². The molecule has 0 radical (unpaired) electrons. The van der Waals surface area contributed by atoms with Gasteiger partial charge in [0, 0.05) is 25.1 Å². The van der Waals surface area contributed by atoms with Crippen molar-refractivity contribution in [2.24, 2.45) is 5.92 Å². The molecule has 0 aliphatic carbocycles. The summed E-state index contributed by atoms with van der Waals surface area (Å²) in [7, 11) is 0. The molecule has 1 unspecified atom stereocenters. The van der Waals surface area contributed by atoms with E-state index in [0.29, 0.717) is 12.1 Å². The predicted molar refractivity (Wildman–Crippen MR) is 87.7 cm³/mol. The minimum absolute atomic E-state index is 0.00912. The van der Waals surface area contributed by atoms with Crippen molar-refractivity contribution in [3.63, 3.8) is 0 Å². The van der Waals surface area contributed by atoms with E-state index in [1.54, 1.807) is 35.1 Å². The normalized spacial score (nSPS) is 16.9. The Labute approximate surface area is 140 Å². The van der Waals surface area contributed by atoms with Crippen molar-refractivity contribution in [2.75, 3.05) is 19.7 Å². The molecule has 0 amide bonds. The van der Waals surface area contributed by atoms with Gasteiger partial charge in [0.1, 0.15) is 11.8 Å². The van der Waals surface area contributed by atoms with Crippen molar-refractivity contribution in [3.8, 4) is 5.75 Å². The van der Waals surface area contributed by atoms with Gasteiger partial charge in [0.25, 0.3) is 0 Å². The average Bonchev–Trinajstić information content (AvgIpc) is 3.06. The lowest BCUT2D eigenvalue weighted by Crippen LogP contribution is -2.36. The molecule has 7 heteroatoms. The van der Waals surface area contributed by atoms with Crippen molar-refractivity contribution in [2.45, 2.75) is 25.3 Å². The van der Waals surface area contributed by atoms with Crippen LogP contribution in [0.3, 0.4) is 0 Å². The van der Waals surface area contributed by atoms with E-state index in [0.717, 1.165) is 31.5 Å². The van der Waals surface area contributed by atoms with Crippen LogP contribution in [0.4, 0.5) is 0 Å². The minimum atomic E-state index is -0.561. The Bertz CT molecular complexity index is 677. The smallest absolute Gasteiger partial charge is 0.165 e. The number of nitrogens with zero attached hydrogens (tertiary/aromatic N) is 3. The molecule has 1 saturated heterocycles. The van der Waals surface area contributed by atoms with Gasteiger partial charge in [-0.3, -0.25) is 4.79 Å². The number of phenols is 1. The zero-order valence-electron chi connectivity index (χ0n) is 13.4. The van der Waals surface area contributed by atoms with Crippen LogP contribution < -0.4 is 5.32 Å². The summed E-state index contributed by atoms with van der Waals surface area (Å²) in [5, 5.41) is 30.0. The Hall–Kier alpha value is -2.25. The van der Waals surface area contributed by atoms with Gasteiger partial charge in [-0.25, -0.2) is 4.68 Å². The molecule has 1 fully saturated rings. The number of hydrogen-bond donors (Lipinski definition) is 3. The van der Waals surface area contributed by atoms with Crippen LogP contribution in [0.15, 0.2) is 30.5 Å². The highest BCUT2D eigenvalue weighted by Crippen LogP contribution is 2.27. The van der Waals surface area contributed by atoms with Crippen LogP contribution in [-0.2, 0) is 11.2 Å². The number of aliphatic hydroxyl groups is 1. The molecule has 24 heavy (non-hydrogen) atoms. The summed E-state index contributed by atoms with van der Waals surface area (Å²) in [6, 6.07) is 6.07. The molecule has 1 aliphatic heterocycles. The second-order valence-corrected chi connectivity index (χ2v) is 6.08. The van der Waals surface area contributed by atoms with E-state index in [-0.39, 0.29) is 24.1 Å². The maximum Gasteiger partial charge on any atom is 0.165 e. The number of nitrogens with one attached hydrogen (secondary N) is 1. The molecule has 3 N–H and O–H groups in total. The number of aromatic nitrogens is 3. The molecular formula is C17H22N4O3. The third kappa shape index (κ3) is 3.63. The lowest BCUT2D eigenvalue weighted by Gasteiger charge is -2.26. The predicted octanol–water partition coefficient (Wildman–Crippen LogP) is 0.677. The molecular weight excluding hydrogens is 308 g/mol. The van der Waals surface area contributed by atoms with E-state index in [4.69, 9.17) is 5.11 Å². The molecule has 0 bridgehead atoms. The number of ketones is 1. The van der Waals surface area contributed by atoms with Crippen molar-refractivity contribution < 1.29 is 15.0 Å². The highest BCUT2D eigenvalue weighted by Gasteiger charge is 2.31. The lowest BCUT2D eigenvalue weighted by molar-refractivity contribution is -0.126. The van der Waals surface area contributed by atoms with Gasteiger partial charge in [0.05, 0.1) is 5.69 Å². The molecule has 2 heterocycles. The molecule has 128 valence electrons. The number of benzene rings is 1. The zero-order valence-corrected chi connectivity index (χ0v) is 13.4. The van der Waals surface area contributed by atoms with Crippen LogP contribution in [0, 0.1) is 5.92 Å². The van der Waals surface area contributed by atoms with Gasteiger partial charge in [-0.2, -0.15) is 0 Å². The second-order valence-electron chi connectivity index (χ2n) is 6.08. The molecule has 3 rings (SSSR count). The van der Waals surface area contributed by atoms with Crippen molar-refractivity contribution in [1.29, 1.82) is 0 Å². The first kappa shape index (κ1) is 16.6. The zero-order chi connectivity index (χ0) is 16.9. The second kappa shape index (κ2) is 7.55. The van der Waals surface area contributed by atoms with Crippen LogP contribution >= 0.6 is 0 Å². The number of carbonyl (C=O) groups is 1. The highest BCUT2D eigenvalue weighted by molar-refractivity contribution is 5.87. The molecule has 7 nitrogen and oxygen atoms in total. The van der Waals surface area contributed by atoms with Crippen LogP contribution in [0.2, 0.25) is 0 Å². The van der Waals surface area contributed by atoms with E-state index >= 15 is 0 Å². The number of Topliss-reactive ketones (excluding diaryl/α,β-unsaturated/α-hetero) is 1.